The normalized spacial score (nSPS) is 15.5. The molecular formula is C45H46BNS. The number of benzene rings is 5. The highest BCUT2D eigenvalue weighted by molar-refractivity contribution is 7.26. The number of rotatable bonds is 0. The van der Waals surface area contributed by atoms with Crippen LogP contribution in [0.15, 0.2) is 78.9 Å². The van der Waals surface area contributed by atoms with Gasteiger partial charge in [-0.05, 0) is 79.3 Å². The molecule has 240 valence electrons. The number of nitrogens with zero attached hydrogens (tertiary/aromatic N) is 1. The average Bonchev–Trinajstić information content (AvgIpc) is 3.55. The Bertz CT molecular complexity index is 2530. The van der Waals surface area contributed by atoms with E-state index in [4.69, 9.17) is 0 Å². The van der Waals surface area contributed by atoms with Gasteiger partial charge in [-0.15, -0.1) is 11.3 Å². The minimum Gasteiger partial charge on any atom is -0.310 e. The molecule has 0 atom stereocenters. The third-order valence-electron chi connectivity index (χ3n) is 11.7. The van der Waals surface area contributed by atoms with Gasteiger partial charge in [-0.25, -0.2) is 0 Å². The van der Waals surface area contributed by atoms with Gasteiger partial charge in [-0.2, -0.15) is 0 Å². The van der Waals surface area contributed by atoms with Gasteiger partial charge >= 0.3 is 0 Å². The van der Waals surface area contributed by atoms with Crippen molar-refractivity contribution in [3.05, 3.63) is 107 Å². The topological polar surface area (TPSA) is 4.93 Å². The molecule has 2 aromatic heterocycles. The van der Waals surface area contributed by atoms with Crippen LogP contribution in [0.25, 0.3) is 47.7 Å². The van der Waals surface area contributed by atoms with Crippen LogP contribution in [0.3, 0.4) is 0 Å². The Morgan fingerprint density at radius 2 is 1.29 bits per heavy atom. The van der Waals surface area contributed by atoms with Crippen LogP contribution in [-0.2, 0) is 21.7 Å². The predicted molar refractivity (Wildman–Crippen MR) is 213 cm³/mol. The zero-order chi connectivity index (χ0) is 33.9. The summed E-state index contributed by atoms with van der Waals surface area (Å²) in [4.78, 5) is 0. The number of fused-ring (bicyclic) bond motifs is 12. The van der Waals surface area contributed by atoms with E-state index >= 15 is 0 Å². The maximum absolute atomic E-state index is 2.71. The molecule has 7 aromatic rings. The zero-order valence-electron chi connectivity index (χ0n) is 30.4. The second-order valence-electron chi connectivity index (χ2n) is 18.3. The molecule has 2 aliphatic rings. The lowest BCUT2D eigenvalue weighted by Crippen LogP contribution is -2.63. The summed E-state index contributed by atoms with van der Waals surface area (Å²) in [6, 6.07) is 31.4. The van der Waals surface area contributed by atoms with Crippen LogP contribution in [0.5, 0.6) is 0 Å². The van der Waals surface area contributed by atoms with Crippen LogP contribution in [0.1, 0.15) is 104 Å². The van der Waals surface area contributed by atoms with E-state index in [1.54, 1.807) is 0 Å². The first-order valence-corrected chi connectivity index (χ1v) is 18.6. The number of hydrogen-bond donors (Lipinski definition) is 0. The molecule has 0 amide bonds. The maximum atomic E-state index is 2.71. The molecule has 0 bridgehead atoms. The minimum atomic E-state index is -0.0970. The fraction of sp³-hybridized carbons (Fsp3) is 0.333. The van der Waals surface area contributed by atoms with Gasteiger partial charge in [-0.3, -0.25) is 0 Å². The number of aromatic nitrogens is 1. The van der Waals surface area contributed by atoms with Crippen LogP contribution in [0.4, 0.5) is 0 Å². The molecule has 0 saturated heterocycles. The maximum Gasteiger partial charge on any atom is 0.247 e. The Hall–Kier alpha value is -3.82. The van der Waals surface area contributed by atoms with Crippen molar-refractivity contribution in [2.45, 2.75) is 97.8 Å². The fourth-order valence-electron chi connectivity index (χ4n) is 9.06. The summed E-state index contributed by atoms with van der Waals surface area (Å²) in [7, 11) is 0. The van der Waals surface area contributed by atoms with Gasteiger partial charge in [0, 0.05) is 47.6 Å². The molecule has 0 N–H and O–H groups in total. The van der Waals surface area contributed by atoms with Gasteiger partial charge in [-0.1, -0.05) is 136 Å². The Labute approximate surface area is 290 Å². The monoisotopic (exact) mass is 643 g/mol. The van der Waals surface area contributed by atoms with E-state index < -0.39 is 0 Å². The highest BCUT2D eigenvalue weighted by Gasteiger charge is 2.45. The molecule has 5 aromatic carbocycles. The van der Waals surface area contributed by atoms with Crippen molar-refractivity contribution in [3.63, 3.8) is 0 Å². The van der Waals surface area contributed by atoms with Gasteiger partial charge in [0.05, 0.1) is 5.52 Å². The summed E-state index contributed by atoms with van der Waals surface area (Å²) >= 11 is 1.98. The smallest absolute Gasteiger partial charge is 0.247 e. The van der Waals surface area contributed by atoms with E-state index in [-0.39, 0.29) is 28.4 Å². The van der Waals surface area contributed by atoms with E-state index in [2.05, 4.69) is 160 Å². The van der Waals surface area contributed by atoms with Crippen molar-refractivity contribution in [1.82, 2.24) is 4.57 Å². The molecule has 0 spiro atoms. The van der Waals surface area contributed by atoms with Crippen LogP contribution >= 0.6 is 11.3 Å². The second-order valence-corrected chi connectivity index (χ2v) is 19.3. The molecule has 0 radical (unpaired) electrons. The molecule has 48 heavy (non-hydrogen) atoms. The standard InChI is InChI=1S/C45H46BNS/c1-42(2,3)25-17-21-36-28(22-25)29-24-32(44(7,8)9)40-37(41(29)48-36)27-18-19-31-38-39(27)47(40)35-20-16-26(43(4,5)6)23-34(35)46(38)33-15-13-12-14-30(33)45(31,10)11/h12-24H,1-11H3. The Morgan fingerprint density at radius 3 is 2.00 bits per heavy atom. The van der Waals surface area contributed by atoms with Gasteiger partial charge in [0.2, 0.25) is 6.71 Å². The molecule has 9 rings (SSSR count). The molecule has 1 nitrogen and oxygen atoms in total. The first-order chi connectivity index (χ1) is 22.5. The summed E-state index contributed by atoms with van der Waals surface area (Å²) in [5, 5.41) is 5.62. The fourth-order valence-corrected chi connectivity index (χ4v) is 10.3. The van der Waals surface area contributed by atoms with E-state index in [0.29, 0.717) is 0 Å². The van der Waals surface area contributed by atoms with Crippen molar-refractivity contribution in [3.8, 4) is 5.69 Å². The van der Waals surface area contributed by atoms with Crippen LogP contribution in [-0.4, -0.2) is 11.3 Å². The molecule has 4 heterocycles. The van der Waals surface area contributed by atoms with E-state index in [1.807, 2.05) is 11.3 Å². The molecule has 0 unspecified atom stereocenters. The Balaban J connectivity index is 1.54. The summed E-state index contributed by atoms with van der Waals surface area (Å²) in [5.41, 5.74) is 15.7. The molecule has 0 aliphatic carbocycles. The van der Waals surface area contributed by atoms with Crippen molar-refractivity contribution in [2.24, 2.45) is 0 Å². The third-order valence-corrected chi connectivity index (χ3v) is 12.9. The number of thiophene rings is 1. The number of hydrogen-bond acceptors (Lipinski definition) is 1. The van der Waals surface area contributed by atoms with Gasteiger partial charge in [0.15, 0.2) is 0 Å². The largest absolute Gasteiger partial charge is 0.310 e. The van der Waals surface area contributed by atoms with Crippen LogP contribution < -0.4 is 16.4 Å². The third kappa shape index (κ3) is 3.86. The lowest BCUT2D eigenvalue weighted by molar-refractivity contribution is 0.590. The van der Waals surface area contributed by atoms with Crippen molar-refractivity contribution >= 4 is 76.4 Å². The lowest BCUT2D eigenvalue weighted by atomic mass is 9.30. The summed E-state index contributed by atoms with van der Waals surface area (Å²) in [6.45, 7) is 26.3. The van der Waals surface area contributed by atoms with Crippen molar-refractivity contribution < 1.29 is 0 Å². The van der Waals surface area contributed by atoms with E-state index in [0.717, 1.165) is 0 Å². The van der Waals surface area contributed by atoms with Gasteiger partial charge < -0.3 is 4.57 Å². The highest BCUT2D eigenvalue weighted by atomic mass is 32.1. The zero-order valence-corrected chi connectivity index (χ0v) is 31.3. The summed E-state index contributed by atoms with van der Waals surface area (Å²) in [5.74, 6) is 0. The molecule has 0 fully saturated rings. The molecule has 0 saturated carbocycles. The molecule has 3 heteroatoms. The van der Waals surface area contributed by atoms with Crippen molar-refractivity contribution in [2.75, 3.05) is 0 Å². The summed E-state index contributed by atoms with van der Waals surface area (Å²) in [6.07, 6.45) is 0. The van der Waals surface area contributed by atoms with Gasteiger partial charge in [0.1, 0.15) is 0 Å². The SMILES string of the molecule is CC(C)(C)c1ccc2c(c1)B1c3ccccc3C(C)(C)c3ccc4c5c6sc7ccc(C(C)(C)C)cc7c6cc(C(C)(C)C)c5n-2c4c31. The minimum absolute atomic E-state index is 0.0511. The Kier molecular flexibility index (Phi) is 5.83. The van der Waals surface area contributed by atoms with Crippen LogP contribution in [0.2, 0.25) is 0 Å². The molecular weight excluding hydrogens is 597 g/mol. The highest BCUT2D eigenvalue weighted by Crippen LogP contribution is 2.49. The average molecular weight is 644 g/mol. The molecule has 2 aliphatic heterocycles. The Morgan fingerprint density at radius 1 is 0.604 bits per heavy atom. The summed E-state index contributed by atoms with van der Waals surface area (Å²) < 4.78 is 5.50. The second kappa shape index (κ2) is 9.24. The lowest BCUT2D eigenvalue weighted by Gasteiger charge is -2.42. The van der Waals surface area contributed by atoms with Crippen molar-refractivity contribution in [1.29, 1.82) is 0 Å². The first-order valence-electron chi connectivity index (χ1n) is 17.7. The van der Waals surface area contributed by atoms with E-state index in [1.165, 1.54) is 91.9 Å². The first kappa shape index (κ1) is 30.3. The quantitative estimate of drug-likeness (QED) is 0.145. The van der Waals surface area contributed by atoms with E-state index in [9.17, 15) is 0 Å². The van der Waals surface area contributed by atoms with Crippen LogP contribution in [0, 0.1) is 0 Å². The van der Waals surface area contributed by atoms with Gasteiger partial charge in [0.25, 0.3) is 0 Å². The predicted octanol–water partition coefficient (Wildman–Crippen LogP) is 10.5.